The Morgan fingerprint density at radius 2 is 2.00 bits per heavy atom. The Bertz CT molecular complexity index is 729. The van der Waals surface area contributed by atoms with E-state index in [1.54, 1.807) is 24.3 Å². The van der Waals surface area contributed by atoms with Crippen molar-refractivity contribution in [2.45, 2.75) is 32.7 Å². The molecule has 1 saturated heterocycles. The molecule has 0 saturated carbocycles. The van der Waals surface area contributed by atoms with E-state index in [0.717, 1.165) is 24.6 Å². The van der Waals surface area contributed by atoms with Crippen LogP contribution in [0.4, 0.5) is 5.69 Å². The Balaban J connectivity index is 1.64. The van der Waals surface area contributed by atoms with Crippen LogP contribution in [-0.4, -0.2) is 19.0 Å². The zero-order chi connectivity index (χ0) is 17.8. The van der Waals surface area contributed by atoms with Gasteiger partial charge in [-0.15, -0.1) is 0 Å². The fourth-order valence-corrected chi connectivity index (χ4v) is 3.58. The monoisotopic (exact) mass is 356 g/mol. The van der Waals surface area contributed by atoms with Gasteiger partial charge >= 0.3 is 0 Å². The van der Waals surface area contributed by atoms with Gasteiger partial charge in [-0.3, -0.25) is 4.79 Å². The topological polar surface area (TPSA) is 32.3 Å². The van der Waals surface area contributed by atoms with Gasteiger partial charge in [0.1, 0.15) is 0 Å². The van der Waals surface area contributed by atoms with Gasteiger partial charge in [0.05, 0.1) is 6.04 Å². The normalized spacial score (nSPS) is 18.7. The maximum atomic E-state index is 12.4. The third-order valence-electron chi connectivity index (χ3n) is 4.85. The second-order valence-electron chi connectivity index (χ2n) is 6.99. The summed E-state index contributed by atoms with van der Waals surface area (Å²) in [6, 6.07) is 15.5. The van der Waals surface area contributed by atoms with E-state index in [1.807, 2.05) is 6.92 Å². The van der Waals surface area contributed by atoms with Crippen molar-refractivity contribution in [2.24, 2.45) is 5.92 Å². The quantitative estimate of drug-likeness (QED) is 0.829. The van der Waals surface area contributed by atoms with Gasteiger partial charge in [0.25, 0.3) is 5.91 Å². The molecule has 0 bridgehead atoms. The first-order valence-corrected chi connectivity index (χ1v) is 9.32. The zero-order valence-corrected chi connectivity index (χ0v) is 15.6. The van der Waals surface area contributed by atoms with E-state index < -0.39 is 0 Å². The van der Waals surface area contributed by atoms with Crippen molar-refractivity contribution in [1.82, 2.24) is 5.32 Å². The Morgan fingerprint density at radius 3 is 2.68 bits per heavy atom. The van der Waals surface area contributed by atoms with E-state index in [2.05, 4.69) is 41.4 Å². The number of benzene rings is 2. The summed E-state index contributed by atoms with van der Waals surface area (Å²) >= 11 is 5.96. The second kappa shape index (κ2) is 7.92. The SMILES string of the molecule is C[C@H]1CCCN(c2ccc([C@H](C)NC(=O)c3cccc(Cl)c3)cc2)C1. The highest BCUT2D eigenvalue weighted by atomic mass is 35.5. The van der Waals surface area contributed by atoms with Crippen LogP contribution in [0, 0.1) is 5.92 Å². The number of hydrogen-bond acceptors (Lipinski definition) is 2. The molecule has 1 fully saturated rings. The van der Waals surface area contributed by atoms with Crippen LogP contribution >= 0.6 is 11.6 Å². The van der Waals surface area contributed by atoms with E-state index in [1.165, 1.54) is 18.5 Å². The first-order valence-electron chi connectivity index (χ1n) is 8.94. The van der Waals surface area contributed by atoms with Gasteiger partial charge in [-0.25, -0.2) is 0 Å². The molecule has 25 heavy (non-hydrogen) atoms. The number of anilines is 1. The number of carbonyl (C=O) groups is 1. The van der Waals surface area contributed by atoms with Gasteiger partial charge in [0.15, 0.2) is 0 Å². The Kier molecular flexibility index (Phi) is 5.64. The number of piperidine rings is 1. The summed E-state index contributed by atoms with van der Waals surface area (Å²) in [6.45, 7) is 6.57. The van der Waals surface area contributed by atoms with Crippen molar-refractivity contribution < 1.29 is 4.79 Å². The van der Waals surface area contributed by atoms with Crippen molar-refractivity contribution >= 4 is 23.2 Å². The molecular formula is C21H25ClN2O. The van der Waals surface area contributed by atoms with Gasteiger partial charge in [-0.2, -0.15) is 0 Å². The minimum absolute atomic E-state index is 0.0548. The van der Waals surface area contributed by atoms with Crippen molar-refractivity contribution in [3.8, 4) is 0 Å². The summed E-state index contributed by atoms with van der Waals surface area (Å²) in [5.41, 5.74) is 2.95. The van der Waals surface area contributed by atoms with E-state index in [-0.39, 0.29) is 11.9 Å². The first-order chi connectivity index (χ1) is 12.0. The molecule has 1 aliphatic heterocycles. The lowest BCUT2D eigenvalue weighted by Gasteiger charge is -2.33. The number of nitrogens with zero attached hydrogens (tertiary/aromatic N) is 1. The number of amides is 1. The maximum Gasteiger partial charge on any atom is 0.251 e. The molecule has 1 N–H and O–H groups in total. The van der Waals surface area contributed by atoms with E-state index in [0.29, 0.717) is 10.6 Å². The highest BCUT2D eigenvalue weighted by Crippen LogP contribution is 2.24. The molecule has 1 amide bonds. The molecule has 0 aliphatic carbocycles. The number of carbonyl (C=O) groups excluding carboxylic acids is 1. The molecule has 132 valence electrons. The molecule has 0 aromatic heterocycles. The third kappa shape index (κ3) is 4.55. The van der Waals surface area contributed by atoms with Gasteiger partial charge in [0.2, 0.25) is 0 Å². The standard InChI is InChI=1S/C21H25ClN2O/c1-15-5-4-12-24(14-15)20-10-8-17(9-11-20)16(2)23-21(25)18-6-3-7-19(22)13-18/h3,6-11,13,15-16H,4-5,12,14H2,1-2H3,(H,23,25)/t15-,16-/m0/s1. The van der Waals surface area contributed by atoms with E-state index in [4.69, 9.17) is 11.6 Å². The lowest BCUT2D eigenvalue weighted by atomic mass is 9.99. The van der Waals surface area contributed by atoms with Crippen molar-refractivity contribution in [1.29, 1.82) is 0 Å². The van der Waals surface area contributed by atoms with Crippen LogP contribution in [0.1, 0.15) is 48.7 Å². The highest BCUT2D eigenvalue weighted by Gasteiger charge is 2.17. The molecule has 1 heterocycles. The molecule has 0 spiro atoms. The average Bonchev–Trinajstić information content (AvgIpc) is 2.62. The largest absolute Gasteiger partial charge is 0.371 e. The smallest absolute Gasteiger partial charge is 0.251 e. The van der Waals surface area contributed by atoms with E-state index >= 15 is 0 Å². The average molecular weight is 357 g/mol. The molecule has 2 aromatic rings. The number of hydrogen-bond donors (Lipinski definition) is 1. The minimum Gasteiger partial charge on any atom is -0.371 e. The third-order valence-corrected chi connectivity index (χ3v) is 5.08. The van der Waals surface area contributed by atoms with Crippen LogP contribution in [0.2, 0.25) is 5.02 Å². The molecule has 2 atom stereocenters. The summed E-state index contributed by atoms with van der Waals surface area (Å²) in [6.07, 6.45) is 2.58. The lowest BCUT2D eigenvalue weighted by Crippen LogP contribution is -2.34. The predicted molar refractivity (Wildman–Crippen MR) is 104 cm³/mol. The minimum atomic E-state index is -0.107. The molecule has 0 unspecified atom stereocenters. The number of nitrogens with one attached hydrogen (secondary N) is 1. The second-order valence-corrected chi connectivity index (χ2v) is 7.43. The van der Waals surface area contributed by atoms with Gasteiger partial charge in [-0.1, -0.05) is 36.7 Å². The van der Waals surface area contributed by atoms with Crippen LogP contribution in [0.15, 0.2) is 48.5 Å². The molecule has 1 aliphatic rings. The Hall–Kier alpha value is -2.00. The van der Waals surface area contributed by atoms with Gasteiger partial charge < -0.3 is 10.2 Å². The fraction of sp³-hybridized carbons (Fsp3) is 0.381. The van der Waals surface area contributed by atoms with Crippen LogP contribution < -0.4 is 10.2 Å². The molecule has 3 rings (SSSR count). The number of halogens is 1. The van der Waals surface area contributed by atoms with E-state index in [9.17, 15) is 4.79 Å². The summed E-state index contributed by atoms with van der Waals surface area (Å²) in [7, 11) is 0. The van der Waals surface area contributed by atoms with Crippen LogP contribution in [-0.2, 0) is 0 Å². The van der Waals surface area contributed by atoms with Crippen LogP contribution in [0.3, 0.4) is 0 Å². The molecule has 2 aromatic carbocycles. The van der Waals surface area contributed by atoms with Crippen LogP contribution in [0.5, 0.6) is 0 Å². The van der Waals surface area contributed by atoms with Gasteiger partial charge in [-0.05, 0) is 61.6 Å². The molecule has 4 heteroatoms. The predicted octanol–water partition coefficient (Wildman–Crippen LogP) is 5.07. The molecule has 0 radical (unpaired) electrons. The first kappa shape index (κ1) is 17.8. The summed E-state index contributed by atoms with van der Waals surface area (Å²) in [5.74, 6) is 0.647. The molecule has 3 nitrogen and oxygen atoms in total. The summed E-state index contributed by atoms with van der Waals surface area (Å²) in [5, 5.41) is 3.60. The highest BCUT2D eigenvalue weighted by molar-refractivity contribution is 6.30. The van der Waals surface area contributed by atoms with Crippen molar-refractivity contribution in [3.05, 3.63) is 64.7 Å². The summed E-state index contributed by atoms with van der Waals surface area (Å²) < 4.78 is 0. The van der Waals surface area contributed by atoms with Crippen molar-refractivity contribution in [2.75, 3.05) is 18.0 Å². The van der Waals surface area contributed by atoms with Crippen molar-refractivity contribution in [3.63, 3.8) is 0 Å². The van der Waals surface area contributed by atoms with Crippen LogP contribution in [0.25, 0.3) is 0 Å². The van der Waals surface area contributed by atoms with Gasteiger partial charge in [0, 0.05) is 29.4 Å². The zero-order valence-electron chi connectivity index (χ0n) is 14.8. The fourth-order valence-electron chi connectivity index (χ4n) is 3.39. The maximum absolute atomic E-state index is 12.4. The Labute approximate surface area is 155 Å². The lowest BCUT2D eigenvalue weighted by molar-refractivity contribution is 0.0940. The Morgan fingerprint density at radius 1 is 1.24 bits per heavy atom. The number of rotatable bonds is 4. The molecular weight excluding hydrogens is 332 g/mol. The summed E-state index contributed by atoms with van der Waals surface area (Å²) in [4.78, 5) is 14.8.